The Bertz CT molecular complexity index is 1030. The van der Waals surface area contributed by atoms with Gasteiger partial charge in [-0.25, -0.2) is 0 Å². The van der Waals surface area contributed by atoms with E-state index in [9.17, 15) is 4.79 Å². The summed E-state index contributed by atoms with van der Waals surface area (Å²) in [5.74, 6) is 1.20. The molecule has 0 radical (unpaired) electrons. The van der Waals surface area contributed by atoms with Crippen molar-refractivity contribution >= 4 is 11.1 Å². The van der Waals surface area contributed by atoms with Crippen LogP contribution in [0.2, 0.25) is 0 Å². The second-order valence-corrected chi connectivity index (χ2v) is 5.37. The zero-order valence-corrected chi connectivity index (χ0v) is 12.5. The number of hydrogen-bond donors (Lipinski definition) is 1. The van der Waals surface area contributed by atoms with Crippen LogP contribution in [0.25, 0.3) is 33.6 Å². The number of rotatable bonds is 2. The van der Waals surface area contributed by atoms with Crippen molar-refractivity contribution in [1.82, 2.24) is 9.97 Å². The highest BCUT2D eigenvalue weighted by Crippen LogP contribution is 2.38. The Morgan fingerprint density at radius 3 is 2.17 bits per heavy atom. The van der Waals surface area contributed by atoms with Crippen LogP contribution >= 0.6 is 0 Å². The highest BCUT2D eigenvalue weighted by Gasteiger charge is 2.21. The minimum atomic E-state index is -0.183. The van der Waals surface area contributed by atoms with Gasteiger partial charge in [0.2, 0.25) is 5.71 Å². The van der Waals surface area contributed by atoms with Gasteiger partial charge in [-0.15, -0.1) is 0 Å². The number of benzene rings is 2. The van der Waals surface area contributed by atoms with E-state index in [4.69, 9.17) is 4.42 Å². The maximum atomic E-state index is 12.5. The zero-order valence-electron chi connectivity index (χ0n) is 12.5. The Morgan fingerprint density at radius 2 is 1.52 bits per heavy atom. The molecule has 0 aliphatic heterocycles. The molecule has 2 aromatic carbocycles. The number of aromatic amines is 1. The molecule has 0 saturated carbocycles. The lowest BCUT2D eigenvalue weighted by Gasteiger charge is -2.03. The molecule has 4 nitrogen and oxygen atoms in total. The molecule has 4 aromatic rings. The number of hydrogen-bond acceptors (Lipinski definition) is 3. The van der Waals surface area contributed by atoms with Gasteiger partial charge in [-0.1, -0.05) is 60.7 Å². The summed E-state index contributed by atoms with van der Waals surface area (Å²) in [7, 11) is 0. The first-order chi connectivity index (χ1) is 11.2. The summed E-state index contributed by atoms with van der Waals surface area (Å²) >= 11 is 0. The third kappa shape index (κ3) is 2.25. The van der Waals surface area contributed by atoms with Crippen LogP contribution in [0, 0.1) is 6.92 Å². The molecule has 2 heterocycles. The molecule has 0 amide bonds. The number of nitrogens with one attached hydrogen (secondary N) is 1. The van der Waals surface area contributed by atoms with E-state index in [2.05, 4.69) is 9.97 Å². The van der Waals surface area contributed by atoms with E-state index in [0.717, 1.165) is 16.7 Å². The highest BCUT2D eigenvalue weighted by molar-refractivity contribution is 5.99. The number of aromatic nitrogens is 2. The SMILES string of the molecule is Cc1nc2oc(-c3ccccc3)c(-c3ccccc3)c2c(=O)[nH]1. The van der Waals surface area contributed by atoms with Gasteiger partial charge in [0.05, 0.1) is 0 Å². The summed E-state index contributed by atoms with van der Waals surface area (Å²) in [5.41, 5.74) is 2.81. The van der Waals surface area contributed by atoms with Crippen LogP contribution in [0.1, 0.15) is 5.82 Å². The van der Waals surface area contributed by atoms with E-state index in [1.54, 1.807) is 6.92 Å². The summed E-state index contributed by atoms with van der Waals surface area (Å²) in [4.78, 5) is 19.6. The predicted octanol–water partition coefficient (Wildman–Crippen LogP) is 4.16. The largest absolute Gasteiger partial charge is 0.437 e. The van der Waals surface area contributed by atoms with Crippen molar-refractivity contribution in [2.24, 2.45) is 0 Å². The fourth-order valence-electron chi connectivity index (χ4n) is 2.79. The van der Waals surface area contributed by atoms with E-state index < -0.39 is 0 Å². The first-order valence-corrected chi connectivity index (χ1v) is 7.38. The average molecular weight is 302 g/mol. The average Bonchev–Trinajstić information content (AvgIpc) is 2.96. The summed E-state index contributed by atoms with van der Waals surface area (Å²) in [6, 6.07) is 19.5. The maximum Gasteiger partial charge on any atom is 0.262 e. The standard InChI is InChI=1S/C19H14N2O2/c1-12-20-18(22)16-15(13-8-4-2-5-9-13)17(23-19(16)21-12)14-10-6-3-7-11-14/h2-11H,1H3,(H,20,21,22). The third-order valence-electron chi connectivity index (χ3n) is 3.78. The minimum absolute atomic E-state index is 0.183. The van der Waals surface area contributed by atoms with Crippen LogP contribution in [-0.2, 0) is 0 Å². The second-order valence-electron chi connectivity index (χ2n) is 5.37. The number of fused-ring (bicyclic) bond motifs is 1. The first kappa shape index (κ1) is 13.5. The Morgan fingerprint density at radius 1 is 0.913 bits per heavy atom. The second kappa shape index (κ2) is 5.25. The molecule has 2 aromatic heterocycles. The van der Waals surface area contributed by atoms with Crippen LogP contribution < -0.4 is 5.56 Å². The lowest BCUT2D eigenvalue weighted by molar-refractivity contribution is 0.616. The van der Waals surface area contributed by atoms with Crippen molar-refractivity contribution in [2.75, 3.05) is 0 Å². The molecular formula is C19H14N2O2. The molecule has 1 N–H and O–H groups in total. The molecule has 0 spiro atoms. The summed E-state index contributed by atoms with van der Waals surface area (Å²) in [6.45, 7) is 1.74. The predicted molar refractivity (Wildman–Crippen MR) is 90.2 cm³/mol. The Balaban J connectivity index is 2.14. The Kier molecular flexibility index (Phi) is 3.08. The summed E-state index contributed by atoms with van der Waals surface area (Å²) in [5, 5.41) is 0.487. The maximum absolute atomic E-state index is 12.5. The number of nitrogens with zero attached hydrogens (tertiary/aromatic N) is 1. The van der Waals surface area contributed by atoms with Crippen LogP contribution in [-0.4, -0.2) is 9.97 Å². The van der Waals surface area contributed by atoms with Crippen molar-refractivity contribution in [2.45, 2.75) is 6.92 Å². The van der Waals surface area contributed by atoms with Crippen molar-refractivity contribution < 1.29 is 4.42 Å². The summed E-state index contributed by atoms with van der Waals surface area (Å²) in [6.07, 6.45) is 0. The van der Waals surface area contributed by atoms with E-state index in [0.29, 0.717) is 22.7 Å². The zero-order chi connectivity index (χ0) is 15.8. The van der Waals surface area contributed by atoms with Gasteiger partial charge >= 0.3 is 0 Å². The Hall–Kier alpha value is -3.14. The van der Waals surface area contributed by atoms with E-state index in [1.807, 2.05) is 60.7 Å². The van der Waals surface area contributed by atoms with Gasteiger partial charge in [0, 0.05) is 11.1 Å². The topological polar surface area (TPSA) is 58.9 Å². The fraction of sp³-hybridized carbons (Fsp3) is 0.0526. The third-order valence-corrected chi connectivity index (χ3v) is 3.78. The monoisotopic (exact) mass is 302 g/mol. The quantitative estimate of drug-likeness (QED) is 0.605. The van der Waals surface area contributed by atoms with Crippen molar-refractivity contribution in [3.05, 3.63) is 76.8 Å². The van der Waals surface area contributed by atoms with Gasteiger partial charge in [0.25, 0.3) is 5.56 Å². The molecule has 4 heteroatoms. The van der Waals surface area contributed by atoms with Crippen molar-refractivity contribution in [1.29, 1.82) is 0 Å². The summed E-state index contributed by atoms with van der Waals surface area (Å²) < 4.78 is 5.97. The molecule has 0 aliphatic carbocycles. The number of H-pyrrole nitrogens is 1. The van der Waals surface area contributed by atoms with Gasteiger partial charge in [0.15, 0.2) is 0 Å². The van der Waals surface area contributed by atoms with E-state index in [1.165, 1.54) is 0 Å². The van der Waals surface area contributed by atoms with E-state index in [-0.39, 0.29) is 5.56 Å². The highest BCUT2D eigenvalue weighted by atomic mass is 16.3. The van der Waals surface area contributed by atoms with Gasteiger partial charge in [-0.05, 0) is 12.5 Å². The van der Waals surface area contributed by atoms with Crippen LogP contribution in [0.3, 0.4) is 0 Å². The smallest absolute Gasteiger partial charge is 0.262 e. The van der Waals surface area contributed by atoms with Crippen LogP contribution in [0.4, 0.5) is 0 Å². The fourth-order valence-corrected chi connectivity index (χ4v) is 2.79. The minimum Gasteiger partial charge on any atom is -0.437 e. The molecule has 0 atom stereocenters. The van der Waals surface area contributed by atoms with Crippen LogP contribution in [0.5, 0.6) is 0 Å². The molecule has 0 fully saturated rings. The van der Waals surface area contributed by atoms with Crippen LogP contribution in [0.15, 0.2) is 69.9 Å². The molecule has 112 valence electrons. The van der Waals surface area contributed by atoms with E-state index >= 15 is 0 Å². The van der Waals surface area contributed by atoms with Crippen molar-refractivity contribution in [3.8, 4) is 22.5 Å². The van der Waals surface area contributed by atoms with Crippen molar-refractivity contribution in [3.63, 3.8) is 0 Å². The molecule has 0 unspecified atom stereocenters. The van der Waals surface area contributed by atoms with Gasteiger partial charge in [0.1, 0.15) is 17.0 Å². The molecule has 4 rings (SSSR count). The lowest BCUT2D eigenvalue weighted by Crippen LogP contribution is -2.09. The number of aryl methyl sites for hydroxylation is 1. The first-order valence-electron chi connectivity index (χ1n) is 7.38. The van der Waals surface area contributed by atoms with Gasteiger partial charge in [-0.3, -0.25) is 4.79 Å². The molecule has 0 bridgehead atoms. The molecule has 0 saturated heterocycles. The molecular weight excluding hydrogens is 288 g/mol. The van der Waals surface area contributed by atoms with Gasteiger partial charge in [-0.2, -0.15) is 4.98 Å². The van der Waals surface area contributed by atoms with Gasteiger partial charge < -0.3 is 9.40 Å². The number of furan rings is 1. The Labute approximate surface area is 132 Å². The molecule has 23 heavy (non-hydrogen) atoms. The lowest BCUT2D eigenvalue weighted by atomic mass is 10.00. The molecule has 0 aliphatic rings. The normalized spacial score (nSPS) is 11.0.